The lowest BCUT2D eigenvalue weighted by Gasteiger charge is -2.30. The molecule has 1 saturated carbocycles. The molecule has 2 amide bonds. The maximum Gasteiger partial charge on any atom is 0.239 e. The molecule has 2 atom stereocenters. The Bertz CT molecular complexity index is 342. The summed E-state index contributed by atoms with van der Waals surface area (Å²) in [7, 11) is 1.73. The molecule has 0 aliphatic heterocycles. The van der Waals surface area contributed by atoms with E-state index in [-0.39, 0.29) is 24.3 Å². The van der Waals surface area contributed by atoms with E-state index in [0.29, 0.717) is 24.9 Å². The molecule has 3 N–H and O–H groups in total. The summed E-state index contributed by atoms with van der Waals surface area (Å²) < 4.78 is 0. The van der Waals surface area contributed by atoms with Crippen molar-refractivity contribution in [3.05, 3.63) is 0 Å². The number of carbonyl (C=O) groups is 2. The van der Waals surface area contributed by atoms with Crippen molar-refractivity contribution in [2.45, 2.75) is 46.0 Å². The monoisotopic (exact) mass is 297 g/mol. The molecular weight excluding hydrogens is 266 g/mol. The molecule has 5 heteroatoms. The minimum atomic E-state index is -0.0751. The fourth-order valence-electron chi connectivity index (χ4n) is 2.99. The summed E-state index contributed by atoms with van der Waals surface area (Å²) in [5.41, 5.74) is 5.62. The first-order valence-corrected chi connectivity index (χ1v) is 8.15. The second kappa shape index (κ2) is 9.03. The zero-order valence-corrected chi connectivity index (χ0v) is 13.7. The molecule has 0 aromatic rings. The van der Waals surface area contributed by atoms with Crippen molar-refractivity contribution >= 4 is 11.8 Å². The number of carbonyl (C=O) groups excluding carboxylic acids is 2. The first-order chi connectivity index (χ1) is 9.93. The van der Waals surface area contributed by atoms with E-state index in [1.54, 1.807) is 11.9 Å². The zero-order chi connectivity index (χ0) is 15.8. The molecule has 0 radical (unpaired) electrons. The van der Waals surface area contributed by atoms with Crippen LogP contribution in [-0.2, 0) is 9.59 Å². The highest BCUT2D eigenvalue weighted by atomic mass is 16.2. The van der Waals surface area contributed by atoms with Gasteiger partial charge in [0.25, 0.3) is 0 Å². The SMILES string of the molecule is CC(C)CNC(=O)CN(C)C(=O)C1CCCC(CCN)C1. The maximum atomic E-state index is 12.4. The van der Waals surface area contributed by atoms with E-state index in [1.165, 1.54) is 6.42 Å². The zero-order valence-electron chi connectivity index (χ0n) is 13.7. The normalized spacial score (nSPS) is 22.1. The topological polar surface area (TPSA) is 75.4 Å². The van der Waals surface area contributed by atoms with Crippen LogP contribution in [-0.4, -0.2) is 43.4 Å². The molecule has 0 heterocycles. The molecule has 2 unspecified atom stereocenters. The van der Waals surface area contributed by atoms with Crippen molar-refractivity contribution in [3.8, 4) is 0 Å². The molecule has 0 aromatic heterocycles. The molecule has 122 valence electrons. The van der Waals surface area contributed by atoms with Gasteiger partial charge in [0.1, 0.15) is 0 Å². The van der Waals surface area contributed by atoms with Crippen LogP contribution in [0.5, 0.6) is 0 Å². The second-order valence-electron chi connectivity index (χ2n) is 6.70. The van der Waals surface area contributed by atoms with Crippen LogP contribution in [0.15, 0.2) is 0 Å². The molecule has 1 aliphatic carbocycles. The van der Waals surface area contributed by atoms with Crippen molar-refractivity contribution in [2.24, 2.45) is 23.5 Å². The van der Waals surface area contributed by atoms with Gasteiger partial charge in [-0.1, -0.05) is 26.7 Å². The van der Waals surface area contributed by atoms with Gasteiger partial charge >= 0.3 is 0 Å². The Morgan fingerprint density at radius 1 is 1.33 bits per heavy atom. The molecule has 1 rings (SSSR count). The van der Waals surface area contributed by atoms with Gasteiger partial charge in [0.05, 0.1) is 6.54 Å². The Labute approximate surface area is 128 Å². The van der Waals surface area contributed by atoms with Gasteiger partial charge in [-0.3, -0.25) is 9.59 Å². The standard InChI is InChI=1S/C16H31N3O2/c1-12(2)10-18-15(20)11-19(3)16(21)14-6-4-5-13(9-14)7-8-17/h12-14H,4-11,17H2,1-3H3,(H,18,20). The van der Waals surface area contributed by atoms with Gasteiger partial charge in [-0.05, 0) is 37.6 Å². The van der Waals surface area contributed by atoms with Gasteiger partial charge < -0.3 is 16.0 Å². The summed E-state index contributed by atoms with van der Waals surface area (Å²) in [5.74, 6) is 1.09. The summed E-state index contributed by atoms with van der Waals surface area (Å²) in [6, 6.07) is 0. The molecule has 0 spiro atoms. The highest BCUT2D eigenvalue weighted by Crippen LogP contribution is 2.31. The Balaban J connectivity index is 2.40. The largest absolute Gasteiger partial charge is 0.354 e. The number of nitrogens with one attached hydrogen (secondary N) is 1. The highest BCUT2D eigenvalue weighted by molar-refractivity contribution is 5.85. The van der Waals surface area contributed by atoms with E-state index in [0.717, 1.165) is 25.7 Å². The lowest BCUT2D eigenvalue weighted by Crippen LogP contribution is -2.42. The Hall–Kier alpha value is -1.10. The third kappa shape index (κ3) is 6.46. The molecular formula is C16H31N3O2. The number of amides is 2. The van der Waals surface area contributed by atoms with E-state index in [1.807, 2.05) is 0 Å². The minimum Gasteiger partial charge on any atom is -0.354 e. The van der Waals surface area contributed by atoms with Gasteiger partial charge in [0, 0.05) is 19.5 Å². The third-order valence-corrected chi connectivity index (χ3v) is 4.17. The van der Waals surface area contributed by atoms with Crippen LogP contribution < -0.4 is 11.1 Å². The van der Waals surface area contributed by atoms with Crippen LogP contribution in [0.3, 0.4) is 0 Å². The second-order valence-corrected chi connectivity index (χ2v) is 6.70. The van der Waals surface area contributed by atoms with Gasteiger partial charge in [-0.25, -0.2) is 0 Å². The molecule has 0 saturated heterocycles. The van der Waals surface area contributed by atoms with Crippen LogP contribution in [0.2, 0.25) is 0 Å². The average molecular weight is 297 g/mol. The number of hydrogen-bond acceptors (Lipinski definition) is 3. The highest BCUT2D eigenvalue weighted by Gasteiger charge is 2.29. The summed E-state index contributed by atoms with van der Waals surface area (Å²) in [5, 5.41) is 2.85. The molecule has 21 heavy (non-hydrogen) atoms. The fourth-order valence-corrected chi connectivity index (χ4v) is 2.99. The maximum absolute atomic E-state index is 12.4. The van der Waals surface area contributed by atoms with Gasteiger partial charge in [-0.2, -0.15) is 0 Å². The van der Waals surface area contributed by atoms with E-state index >= 15 is 0 Å². The van der Waals surface area contributed by atoms with Crippen LogP contribution in [0.25, 0.3) is 0 Å². The number of nitrogens with zero attached hydrogens (tertiary/aromatic N) is 1. The van der Waals surface area contributed by atoms with E-state index in [9.17, 15) is 9.59 Å². The summed E-state index contributed by atoms with van der Waals surface area (Å²) in [4.78, 5) is 25.8. The predicted octanol–water partition coefficient (Wildman–Crippen LogP) is 1.37. The van der Waals surface area contributed by atoms with Gasteiger partial charge in [-0.15, -0.1) is 0 Å². The van der Waals surface area contributed by atoms with E-state index in [4.69, 9.17) is 5.73 Å². The number of likely N-dealkylation sites (N-methyl/N-ethyl adjacent to an activating group) is 1. The number of rotatable bonds is 7. The minimum absolute atomic E-state index is 0.0678. The van der Waals surface area contributed by atoms with Crippen molar-refractivity contribution < 1.29 is 9.59 Å². The Morgan fingerprint density at radius 2 is 2.05 bits per heavy atom. The number of nitrogens with two attached hydrogens (primary N) is 1. The van der Waals surface area contributed by atoms with Crippen molar-refractivity contribution in [2.75, 3.05) is 26.7 Å². The fraction of sp³-hybridized carbons (Fsp3) is 0.875. The molecule has 1 fully saturated rings. The number of hydrogen-bond donors (Lipinski definition) is 2. The summed E-state index contributed by atoms with van der Waals surface area (Å²) in [6.07, 6.45) is 5.14. The van der Waals surface area contributed by atoms with Crippen molar-refractivity contribution in [1.29, 1.82) is 0 Å². The Kier molecular flexibility index (Phi) is 7.72. The van der Waals surface area contributed by atoms with Crippen LogP contribution in [0.1, 0.15) is 46.0 Å². The lowest BCUT2D eigenvalue weighted by atomic mass is 9.79. The Morgan fingerprint density at radius 3 is 2.67 bits per heavy atom. The van der Waals surface area contributed by atoms with Crippen LogP contribution in [0, 0.1) is 17.8 Å². The third-order valence-electron chi connectivity index (χ3n) is 4.17. The summed E-state index contributed by atoms with van der Waals surface area (Å²) in [6.45, 7) is 5.61. The van der Waals surface area contributed by atoms with E-state index in [2.05, 4.69) is 19.2 Å². The molecule has 0 bridgehead atoms. The summed E-state index contributed by atoms with van der Waals surface area (Å²) >= 11 is 0. The quantitative estimate of drug-likeness (QED) is 0.745. The van der Waals surface area contributed by atoms with Crippen LogP contribution in [0.4, 0.5) is 0 Å². The van der Waals surface area contributed by atoms with Crippen LogP contribution >= 0.6 is 0 Å². The van der Waals surface area contributed by atoms with E-state index < -0.39 is 0 Å². The first kappa shape index (κ1) is 18.0. The van der Waals surface area contributed by atoms with Gasteiger partial charge in [0.2, 0.25) is 11.8 Å². The molecule has 5 nitrogen and oxygen atoms in total. The van der Waals surface area contributed by atoms with Gasteiger partial charge in [0.15, 0.2) is 0 Å². The van der Waals surface area contributed by atoms with Crippen molar-refractivity contribution in [3.63, 3.8) is 0 Å². The first-order valence-electron chi connectivity index (χ1n) is 8.15. The lowest BCUT2D eigenvalue weighted by molar-refractivity contribution is -0.139. The average Bonchev–Trinajstić information content (AvgIpc) is 2.45. The smallest absolute Gasteiger partial charge is 0.239 e. The predicted molar refractivity (Wildman–Crippen MR) is 84.6 cm³/mol. The van der Waals surface area contributed by atoms with Crippen molar-refractivity contribution in [1.82, 2.24) is 10.2 Å². The molecule has 1 aliphatic rings. The molecule has 0 aromatic carbocycles.